The molecule has 2 nitrogen and oxygen atoms in total. The Kier molecular flexibility index (Phi) is 3.36. The van der Waals surface area contributed by atoms with Crippen molar-refractivity contribution in [3.05, 3.63) is 0 Å². The van der Waals surface area contributed by atoms with Crippen LogP contribution in [0, 0.1) is 46.3 Å². The van der Waals surface area contributed by atoms with Gasteiger partial charge < -0.3 is 5.11 Å². The molecule has 6 rings (SSSR count). The first-order chi connectivity index (χ1) is 11.3. The molecule has 0 aromatic heterocycles. The minimum atomic E-state index is 0.0128. The van der Waals surface area contributed by atoms with Gasteiger partial charge in [-0.25, -0.2) is 0 Å². The summed E-state index contributed by atoms with van der Waals surface area (Å²) in [5, 5.41) is 10.9. The van der Waals surface area contributed by atoms with Crippen molar-refractivity contribution in [1.29, 1.82) is 0 Å². The van der Waals surface area contributed by atoms with Crippen LogP contribution in [0.4, 0.5) is 0 Å². The van der Waals surface area contributed by atoms with E-state index in [1.807, 2.05) is 0 Å². The van der Waals surface area contributed by atoms with Crippen molar-refractivity contribution in [2.75, 3.05) is 13.1 Å². The van der Waals surface area contributed by atoms with E-state index in [1.54, 1.807) is 0 Å². The van der Waals surface area contributed by atoms with E-state index in [1.165, 1.54) is 51.6 Å². The lowest BCUT2D eigenvalue weighted by molar-refractivity contribution is -0.156. The lowest BCUT2D eigenvalue weighted by Gasteiger charge is -2.61. The molecule has 136 valence electrons. The van der Waals surface area contributed by atoms with Gasteiger partial charge in [0.2, 0.25) is 0 Å². The molecule has 5 saturated carbocycles. The van der Waals surface area contributed by atoms with Crippen LogP contribution in [0.2, 0.25) is 0 Å². The highest BCUT2D eigenvalue weighted by Crippen LogP contribution is 2.61. The van der Waals surface area contributed by atoms with Crippen molar-refractivity contribution in [2.45, 2.75) is 78.4 Å². The van der Waals surface area contributed by atoms with Crippen LogP contribution in [-0.2, 0) is 0 Å². The summed E-state index contributed by atoms with van der Waals surface area (Å²) in [5.74, 6) is 4.74. The van der Waals surface area contributed by atoms with E-state index in [2.05, 4.69) is 32.6 Å². The minimum Gasteiger partial charge on any atom is -0.393 e. The molecule has 0 amide bonds. The van der Waals surface area contributed by atoms with Gasteiger partial charge in [-0.1, -0.05) is 20.8 Å². The number of fused-ring (bicyclic) bond motifs is 2. The third-order valence-corrected chi connectivity index (χ3v) is 10.2. The quantitative estimate of drug-likeness (QED) is 0.820. The fourth-order valence-corrected chi connectivity index (χ4v) is 8.30. The fourth-order valence-electron chi connectivity index (χ4n) is 8.30. The van der Waals surface area contributed by atoms with E-state index in [0.717, 1.165) is 23.7 Å². The summed E-state index contributed by atoms with van der Waals surface area (Å²) >= 11 is 0. The fraction of sp³-hybridized carbons (Fsp3) is 1.00. The topological polar surface area (TPSA) is 23.5 Å². The van der Waals surface area contributed by atoms with Gasteiger partial charge in [-0.15, -0.1) is 0 Å². The third-order valence-electron chi connectivity index (χ3n) is 10.2. The van der Waals surface area contributed by atoms with Crippen molar-refractivity contribution in [1.82, 2.24) is 4.90 Å². The smallest absolute Gasteiger partial charge is 0.0600 e. The lowest BCUT2D eigenvalue weighted by Crippen LogP contribution is -2.62. The molecule has 24 heavy (non-hydrogen) atoms. The molecule has 5 aliphatic carbocycles. The SMILES string of the molecule is C[C@H]([C@@H]1[C@@H]2C[C@@H]3C[C@H](C2)[C@@H](O)[C@@H]1C3)N1C[C@@H]2CC[C@@](C)(C1)C2(C)C. The van der Waals surface area contributed by atoms with Crippen molar-refractivity contribution in [2.24, 2.45) is 46.3 Å². The summed E-state index contributed by atoms with van der Waals surface area (Å²) in [6.45, 7) is 12.7. The van der Waals surface area contributed by atoms with E-state index in [9.17, 15) is 5.11 Å². The molecule has 6 fully saturated rings. The standard InChI is InChI=1S/C22H37NO/c1-13(23-11-17-5-6-22(4,12-23)21(17,2)3)19-15-7-14-8-16(10-15)20(24)18(19)9-14/h13-20,24H,5-12H2,1-4H3/t13-,14-,15-,16-,17+,18-,19-,20-,22+/m1/s1. The molecular formula is C22H37NO. The van der Waals surface area contributed by atoms with Crippen molar-refractivity contribution < 1.29 is 5.11 Å². The van der Waals surface area contributed by atoms with Crippen LogP contribution in [-0.4, -0.2) is 35.2 Å². The maximum atomic E-state index is 10.9. The monoisotopic (exact) mass is 331 g/mol. The van der Waals surface area contributed by atoms with Gasteiger partial charge in [0, 0.05) is 19.1 Å². The number of piperidine rings is 1. The Balaban J connectivity index is 1.39. The van der Waals surface area contributed by atoms with E-state index < -0.39 is 0 Å². The molecule has 0 spiro atoms. The number of rotatable bonds is 2. The first kappa shape index (κ1) is 16.1. The molecule has 0 radical (unpaired) electrons. The predicted octanol–water partition coefficient (Wildman–Crippen LogP) is 4.18. The highest BCUT2D eigenvalue weighted by molar-refractivity contribution is 5.10. The van der Waals surface area contributed by atoms with Crippen LogP contribution in [0.3, 0.4) is 0 Å². The van der Waals surface area contributed by atoms with E-state index in [-0.39, 0.29) is 6.10 Å². The van der Waals surface area contributed by atoms with E-state index >= 15 is 0 Å². The van der Waals surface area contributed by atoms with E-state index in [0.29, 0.717) is 28.7 Å². The largest absolute Gasteiger partial charge is 0.393 e. The number of aliphatic hydroxyl groups excluding tert-OH is 1. The number of likely N-dealkylation sites (tertiary alicyclic amines) is 1. The predicted molar refractivity (Wildman–Crippen MR) is 97.6 cm³/mol. The van der Waals surface area contributed by atoms with Gasteiger partial charge >= 0.3 is 0 Å². The van der Waals surface area contributed by atoms with Crippen LogP contribution < -0.4 is 0 Å². The molecular weight excluding hydrogens is 294 g/mol. The summed E-state index contributed by atoms with van der Waals surface area (Å²) in [6, 6.07) is 0.672. The van der Waals surface area contributed by atoms with Gasteiger partial charge in [-0.2, -0.15) is 0 Å². The number of nitrogens with zero attached hydrogens (tertiary/aromatic N) is 1. The highest BCUT2D eigenvalue weighted by Gasteiger charge is 2.59. The molecule has 1 aliphatic heterocycles. The Hall–Kier alpha value is -0.0800. The molecule has 0 aromatic rings. The van der Waals surface area contributed by atoms with Gasteiger partial charge in [-0.3, -0.25) is 4.90 Å². The summed E-state index contributed by atoms with van der Waals surface area (Å²) in [7, 11) is 0. The Morgan fingerprint density at radius 2 is 1.79 bits per heavy atom. The zero-order chi connectivity index (χ0) is 16.9. The molecule has 1 N–H and O–H groups in total. The van der Waals surface area contributed by atoms with Gasteiger partial charge in [0.05, 0.1) is 6.10 Å². The maximum absolute atomic E-state index is 10.9. The van der Waals surface area contributed by atoms with Crippen LogP contribution in [0.25, 0.3) is 0 Å². The third kappa shape index (κ3) is 1.96. The summed E-state index contributed by atoms with van der Waals surface area (Å²) in [5.41, 5.74) is 1.00. The Morgan fingerprint density at radius 3 is 2.54 bits per heavy atom. The first-order valence-electron chi connectivity index (χ1n) is 10.7. The van der Waals surface area contributed by atoms with Crippen LogP contribution >= 0.6 is 0 Å². The van der Waals surface area contributed by atoms with Crippen molar-refractivity contribution in [3.8, 4) is 0 Å². The van der Waals surface area contributed by atoms with Gasteiger partial charge in [0.1, 0.15) is 0 Å². The Bertz CT molecular complexity index is 530. The zero-order valence-corrected chi connectivity index (χ0v) is 16.2. The summed E-state index contributed by atoms with van der Waals surface area (Å²) in [6.07, 6.45) is 8.29. The second-order valence-corrected chi connectivity index (χ2v) is 11.2. The van der Waals surface area contributed by atoms with Gasteiger partial charge in [0.15, 0.2) is 0 Å². The highest BCUT2D eigenvalue weighted by atomic mass is 16.3. The van der Waals surface area contributed by atoms with Crippen LogP contribution in [0.15, 0.2) is 0 Å². The molecule has 0 aromatic carbocycles. The number of hydrogen-bond acceptors (Lipinski definition) is 2. The molecule has 9 atom stereocenters. The molecule has 6 bridgehead atoms. The lowest BCUT2D eigenvalue weighted by atomic mass is 9.49. The van der Waals surface area contributed by atoms with Crippen molar-refractivity contribution >= 4 is 0 Å². The second-order valence-electron chi connectivity index (χ2n) is 11.2. The summed E-state index contributed by atoms with van der Waals surface area (Å²) < 4.78 is 0. The first-order valence-corrected chi connectivity index (χ1v) is 10.7. The number of hydrogen-bond donors (Lipinski definition) is 1. The molecule has 1 heterocycles. The minimum absolute atomic E-state index is 0.0128. The zero-order valence-electron chi connectivity index (χ0n) is 16.2. The average Bonchev–Trinajstić information content (AvgIpc) is 2.67. The average molecular weight is 332 g/mol. The van der Waals surface area contributed by atoms with Crippen molar-refractivity contribution in [3.63, 3.8) is 0 Å². The molecule has 0 unspecified atom stereocenters. The van der Waals surface area contributed by atoms with Gasteiger partial charge in [-0.05, 0) is 91.8 Å². The molecule has 1 saturated heterocycles. The second kappa shape index (κ2) is 5.00. The Morgan fingerprint density at radius 1 is 1.04 bits per heavy atom. The maximum Gasteiger partial charge on any atom is 0.0600 e. The van der Waals surface area contributed by atoms with E-state index in [4.69, 9.17) is 0 Å². The van der Waals surface area contributed by atoms with Gasteiger partial charge in [0.25, 0.3) is 0 Å². The molecule has 6 aliphatic rings. The van der Waals surface area contributed by atoms with Crippen LogP contribution in [0.1, 0.15) is 66.2 Å². The van der Waals surface area contributed by atoms with Crippen LogP contribution in [0.5, 0.6) is 0 Å². The normalized spacial score (nSPS) is 56.6. The summed E-state index contributed by atoms with van der Waals surface area (Å²) in [4.78, 5) is 2.86. The Labute approximate surface area is 148 Å². The molecule has 2 heteroatoms. The number of aliphatic hydroxyl groups is 1.